The normalized spacial score (nSPS) is 12.1. The highest BCUT2D eigenvalue weighted by atomic mass is 16.6. The molecule has 0 aliphatic rings. The molecule has 0 unspecified atom stereocenters. The summed E-state index contributed by atoms with van der Waals surface area (Å²) in [4.78, 5) is 37.5. The third-order valence-electron chi connectivity index (χ3n) is 9.47. The first kappa shape index (κ1) is 47.4. The Labute approximate surface area is 304 Å². The molecule has 0 amide bonds. The van der Waals surface area contributed by atoms with Gasteiger partial charge in [-0.3, -0.25) is 14.4 Å². The molecule has 6 nitrogen and oxygen atoms in total. The monoisotopic (exact) mass is 695 g/mol. The molecule has 0 aromatic rings. The van der Waals surface area contributed by atoms with Crippen LogP contribution in [0.5, 0.6) is 0 Å². The molecule has 0 spiro atoms. The Kier molecular flexibility index (Phi) is 35.0. The Balaban J connectivity index is 4.31. The fraction of sp³-hybridized carbons (Fsp3) is 0.930. The van der Waals surface area contributed by atoms with E-state index in [0.717, 1.165) is 69.6 Å². The van der Waals surface area contributed by atoms with Crippen LogP contribution in [-0.4, -0.2) is 37.2 Å². The summed E-state index contributed by atoms with van der Waals surface area (Å²) < 4.78 is 16.6. The van der Waals surface area contributed by atoms with Crippen LogP contribution in [0.15, 0.2) is 0 Å². The molecule has 0 bridgehead atoms. The maximum absolute atomic E-state index is 12.6. The van der Waals surface area contributed by atoms with Crippen molar-refractivity contribution in [2.45, 2.75) is 233 Å². The number of esters is 3. The van der Waals surface area contributed by atoms with E-state index in [1.54, 1.807) is 0 Å². The summed E-state index contributed by atoms with van der Waals surface area (Å²) >= 11 is 0. The Bertz CT molecular complexity index is 749. The van der Waals surface area contributed by atoms with Crippen LogP contribution in [0.1, 0.15) is 227 Å². The van der Waals surface area contributed by atoms with Crippen molar-refractivity contribution >= 4 is 17.9 Å². The minimum Gasteiger partial charge on any atom is -0.462 e. The van der Waals surface area contributed by atoms with Crippen LogP contribution in [-0.2, 0) is 28.6 Å². The highest BCUT2D eigenvalue weighted by Crippen LogP contribution is 2.16. The van der Waals surface area contributed by atoms with Gasteiger partial charge >= 0.3 is 17.9 Å². The zero-order chi connectivity index (χ0) is 36.2. The smallest absolute Gasteiger partial charge is 0.306 e. The standard InChI is InChI=1S/C43H82O6/c1-6-7-8-9-16-23-28-33-41(44)47-36-40(49-43(46)35-30-25-20-15-11-13-18-22-27-32-39(4)5)37-48-42(45)34-29-24-19-14-10-12-17-21-26-31-38(2)3/h38-40H,6-37H2,1-5H3/t40-/m0/s1. The van der Waals surface area contributed by atoms with E-state index in [-0.39, 0.29) is 31.1 Å². The molecule has 0 aliphatic heterocycles. The SMILES string of the molecule is CCCCCCCCCC(=O)OC[C@@H](COC(=O)CCCCCCCCCCCC(C)C)OC(=O)CCCCCCCCCCCC(C)C. The lowest BCUT2D eigenvalue weighted by Gasteiger charge is -2.18. The minimum atomic E-state index is -0.759. The second kappa shape index (κ2) is 36.2. The highest BCUT2D eigenvalue weighted by Gasteiger charge is 2.19. The molecule has 0 fully saturated rings. The number of hydrogen-bond acceptors (Lipinski definition) is 6. The lowest BCUT2D eigenvalue weighted by molar-refractivity contribution is -0.167. The largest absolute Gasteiger partial charge is 0.462 e. The molecule has 0 aliphatic carbocycles. The average Bonchev–Trinajstić information content (AvgIpc) is 3.06. The zero-order valence-electron chi connectivity index (χ0n) is 33.3. The maximum Gasteiger partial charge on any atom is 0.306 e. The van der Waals surface area contributed by atoms with E-state index >= 15 is 0 Å². The molecule has 0 aromatic carbocycles. The first-order valence-corrected chi connectivity index (χ1v) is 21.2. The van der Waals surface area contributed by atoms with Crippen LogP contribution in [0.25, 0.3) is 0 Å². The van der Waals surface area contributed by atoms with Crippen LogP contribution in [0.2, 0.25) is 0 Å². The van der Waals surface area contributed by atoms with E-state index in [4.69, 9.17) is 14.2 Å². The summed E-state index contributed by atoms with van der Waals surface area (Å²) in [5, 5.41) is 0. The Morgan fingerprint density at radius 1 is 0.388 bits per heavy atom. The summed E-state index contributed by atoms with van der Waals surface area (Å²) in [6.07, 6.45) is 32.4. The first-order chi connectivity index (χ1) is 23.7. The van der Waals surface area contributed by atoms with Crippen molar-refractivity contribution in [2.75, 3.05) is 13.2 Å². The van der Waals surface area contributed by atoms with Crippen molar-refractivity contribution in [1.29, 1.82) is 0 Å². The Morgan fingerprint density at radius 2 is 0.673 bits per heavy atom. The fourth-order valence-electron chi connectivity index (χ4n) is 6.22. The highest BCUT2D eigenvalue weighted by molar-refractivity contribution is 5.71. The van der Waals surface area contributed by atoms with Crippen molar-refractivity contribution in [3.63, 3.8) is 0 Å². The predicted molar refractivity (Wildman–Crippen MR) is 206 cm³/mol. The Morgan fingerprint density at radius 3 is 1.00 bits per heavy atom. The zero-order valence-corrected chi connectivity index (χ0v) is 33.3. The summed E-state index contributed by atoms with van der Waals surface area (Å²) in [5.41, 5.74) is 0. The van der Waals surface area contributed by atoms with Gasteiger partial charge in [-0.25, -0.2) is 0 Å². The lowest BCUT2D eigenvalue weighted by Crippen LogP contribution is -2.30. The van der Waals surface area contributed by atoms with Crippen molar-refractivity contribution in [1.82, 2.24) is 0 Å². The predicted octanol–water partition coefficient (Wildman–Crippen LogP) is 13.0. The van der Waals surface area contributed by atoms with E-state index in [1.807, 2.05) is 0 Å². The molecule has 49 heavy (non-hydrogen) atoms. The minimum absolute atomic E-state index is 0.0662. The third kappa shape index (κ3) is 37.5. The number of hydrogen-bond donors (Lipinski definition) is 0. The molecule has 6 heteroatoms. The second-order valence-electron chi connectivity index (χ2n) is 15.6. The number of carbonyl (C=O) groups excluding carboxylic acids is 3. The molecular formula is C43H82O6. The topological polar surface area (TPSA) is 78.9 Å². The van der Waals surface area contributed by atoms with Crippen molar-refractivity contribution in [3.05, 3.63) is 0 Å². The van der Waals surface area contributed by atoms with Gasteiger partial charge in [0.2, 0.25) is 0 Å². The fourth-order valence-corrected chi connectivity index (χ4v) is 6.22. The van der Waals surface area contributed by atoms with Gasteiger partial charge in [-0.1, -0.05) is 189 Å². The van der Waals surface area contributed by atoms with E-state index in [9.17, 15) is 14.4 Å². The van der Waals surface area contributed by atoms with Crippen LogP contribution in [0.4, 0.5) is 0 Å². The molecule has 0 saturated heterocycles. The average molecular weight is 695 g/mol. The third-order valence-corrected chi connectivity index (χ3v) is 9.47. The summed E-state index contributed by atoms with van der Waals surface area (Å²) in [6.45, 7) is 11.2. The number of unbranched alkanes of at least 4 members (excludes halogenated alkanes) is 22. The van der Waals surface area contributed by atoms with Crippen molar-refractivity contribution < 1.29 is 28.6 Å². The summed E-state index contributed by atoms with van der Waals surface area (Å²) in [7, 11) is 0. The van der Waals surface area contributed by atoms with Crippen molar-refractivity contribution in [3.8, 4) is 0 Å². The summed E-state index contributed by atoms with van der Waals surface area (Å²) in [5.74, 6) is 0.745. The number of ether oxygens (including phenoxy) is 3. The molecule has 0 rings (SSSR count). The van der Waals surface area contributed by atoms with Gasteiger partial charge in [0.1, 0.15) is 13.2 Å². The molecule has 0 radical (unpaired) electrons. The van der Waals surface area contributed by atoms with Gasteiger partial charge in [-0.05, 0) is 31.1 Å². The second-order valence-corrected chi connectivity index (χ2v) is 15.6. The van der Waals surface area contributed by atoms with Gasteiger partial charge in [0.25, 0.3) is 0 Å². The van der Waals surface area contributed by atoms with Crippen LogP contribution < -0.4 is 0 Å². The summed E-state index contributed by atoms with van der Waals surface area (Å²) in [6, 6.07) is 0. The van der Waals surface area contributed by atoms with Gasteiger partial charge < -0.3 is 14.2 Å². The molecule has 290 valence electrons. The molecule has 0 N–H and O–H groups in total. The van der Waals surface area contributed by atoms with Gasteiger partial charge in [-0.15, -0.1) is 0 Å². The van der Waals surface area contributed by atoms with E-state index in [0.29, 0.717) is 19.3 Å². The molecular weight excluding hydrogens is 612 g/mol. The Hall–Kier alpha value is -1.59. The molecule has 0 heterocycles. The molecule has 0 saturated carbocycles. The van der Waals surface area contributed by atoms with E-state index < -0.39 is 6.10 Å². The molecule has 0 aromatic heterocycles. The maximum atomic E-state index is 12.6. The number of rotatable bonds is 37. The van der Waals surface area contributed by atoms with E-state index in [2.05, 4.69) is 34.6 Å². The quantitative estimate of drug-likeness (QED) is 0.0366. The van der Waals surface area contributed by atoms with Crippen LogP contribution >= 0.6 is 0 Å². The van der Waals surface area contributed by atoms with Crippen molar-refractivity contribution in [2.24, 2.45) is 11.8 Å². The first-order valence-electron chi connectivity index (χ1n) is 21.2. The van der Waals surface area contributed by atoms with Gasteiger partial charge in [0, 0.05) is 19.3 Å². The van der Waals surface area contributed by atoms with Gasteiger partial charge in [0.05, 0.1) is 0 Å². The van der Waals surface area contributed by atoms with Crippen LogP contribution in [0.3, 0.4) is 0 Å². The molecule has 1 atom stereocenters. The van der Waals surface area contributed by atoms with Gasteiger partial charge in [0.15, 0.2) is 6.10 Å². The van der Waals surface area contributed by atoms with Gasteiger partial charge in [-0.2, -0.15) is 0 Å². The van der Waals surface area contributed by atoms with Crippen LogP contribution in [0, 0.1) is 11.8 Å². The van der Waals surface area contributed by atoms with E-state index in [1.165, 1.54) is 116 Å². The number of carbonyl (C=O) groups is 3. The lowest BCUT2D eigenvalue weighted by atomic mass is 10.0.